The average molecular weight is 399 g/mol. The van der Waals surface area contributed by atoms with Gasteiger partial charge in [-0.3, -0.25) is 9.59 Å². The van der Waals surface area contributed by atoms with Crippen molar-refractivity contribution in [3.8, 4) is 0 Å². The maximum absolute atomic E-state index is 12.7. The van der Waals surface area contributed by atoms with Crippen LogP contribution in [-0.4, -0.2) is 68.3 Å². The first-order chi connectivity index (χ1) is 12.5. The van der Waals surface area contributed by atoms with Crippen molar-refractivity contribution in [3.05, 3.63) is 11.9 Å². The van der Waals surface area contributed by atoms with E-state index in [0.29, 0.717) is 31.9 Å². The van der Waals surface area contributed by atoms with E-state index in [4.69, 9.17) is 5.73 Å². The molecule has 2 heterocycles. The maximum atomic E-state index is 12.7. The number of hydrogen-bond acceptors (Lipinski definition) is 5. The first-order valence-corrected chi connectivity index (χ1v) is 9.78. The number of rotatable bonds is 5. The topological polar surface area (TPSA) is 97.4 Å². The predicted octanol–water partition coefficient (Wildman–Crippen LogP) is 1.62. The van der Waals surface area contributed by atoms with E-state index in [1.54, 1.807) is 15.8 Å². The fourth-order valence-corrected chi connectivity index (χ4v) is 4.09. The lowest BCUT2D eigenvalue weighted by molar-refractivity contribution is -0.138. The average Bonchev–Trinajstić information content (AvgIpc) is 3.32. The molecule has 1 aliphatic carbocycles. The summed E-state index contributed by atoms with van der Waals surface area (Å²) >= 11 is 0. The number of amides is 2. The number of halogens is 1. The lowest BCUT2D eigenvalue weighted by atomic mass is 9.95. The molecular weight excluding hydrogens is 368 g/mol. The van der Waals surface area contributed by atoms with Crippen LogP contribution in [0.15, 0.2) is 6.20 Å². The van der Waals surface area contributed by atoms with Crippen molar-refractivity contribution in [3.63, 3.8) is 0 Å². The Morgan fingerprint density at radius 3 is 2.37 bits per heavy atom. The second-order valence-corrected chi connectivity index (χ2v) is 7.45. The minimum atomic E-state index is -0.649. The molecule has 0 spiro atoms. The highest BCUT2D eigenvalue weighted by atomic mass is 35.5. The zero-order valence-electron chi connectivity index (χ0n) is 16.3. The molecule has 0 atom stereocenters. The first kappa shape index (κ1) is 21.6. The van der Waals surface area contributed by atoms with Crippen LogP contribution in [0.25, 0.3) is 0 Å². The normalized spacial score (nSPS) is 19.6. The number of carbonyl (C=O) groups is 2. The molecule has 1 aromatic rings. The zero-order chi connectivity index (χ0) is 18.7. The molecule has 8 nitrogen and oxygen atoms in total. The largest absolute Gasteiger partial charge is 0.341 e. The molecule has 0 unspecified atom stereocenters. The van der Waals surface area contributed by atoms with Crippen LogP contribution in [0.4, 0.5) is 0 Å². The standard InChI is InChI=1S/C18H30N6O2.ClH/c1-3-22(4-2)16(25)15-13-24(21-20-15)14-7-11-23(12-8-14)17(26)18(19)9-5-6-10-18;/h13-14H,3-12,19H2,1-2H3;1H. The highest BCUT2D eigenvalue weighted by Gasteiger charge is 2.40. The fourth-order valence-electron chi connectivity index (χ4n) is 4.09. The van der Waals surface area contributed by atoms with E-state index in [2.05, 4.69) is 10.3 Å². The Morgan fingerprint density at radius 1 is 1.22 bits per heavy atom. The summed E-state index contributed by atoms with van der Waals surface area (Å²) in [6.07, 6.45) is 7.04. The zero-order valence-corrected chi connectivity index (χ0v) is 17.1. The molecule has 27 heavy (non-hydrogen) atoms. The van der Waals surface area contributed by atoms with Gasteiger partial charge in [-0.2, -0.15) is 0 Å². The summed E-state index contributed by atoms with van der Waals surface area (Å²) < 4.78 is 1.78. The van der Waals surface area contributed by atoms with Gasteiger partial charge in [0.05, 0.1) is 17.8 Å². The number of likely N-dealkylation sites (tertiary alicyclic amines) is 1. The Bertz CT molecular complexity index is 646. The smallest absolute Gasteiger partial charge is 0.276 e. The molecule has 1 saturated heterocycles. The van der Waals surface area contributed by atoms with Gasteiger partial charge in [0, 0.05) is 26.2 Å². The van der Waals surface area contributed by atoms with E-state index in [1.807, 2.05) is 18.7 Å². The van der Waals surface area contributed by atoms with Crippen LogP contribution in [0.1, 0.15) is 68.9 Å². The number of aromatic nitrogens is 3. The van der Waals surface area contributed by atoms with Crippen LogP contribution in [0, 0.1) is 0 Å². The fraction of sp³-hybridized carbons (Fsp3) is 0.778. The quantitative estimate of drug-likeness (QED) is 0.812. The third kappa shape index (κ3) is 4.43. The highest BCUT2D eigenvalue weighted by Crippen LogP contribution is 2.31. The summed E-state index contributed by atoms with van der Waals surface area (Å²) in [5, 5.41) is 8.22. The van der Waals surface area contributed by atoms with Crippen LogP contribution >= 0.6 is 12.4 Å². The molecule has 152 valence electrons. The van der Waals surface area contributed by atoms with Crippen LogP contribution < -0.4 is 5.73 Å². The van der Waals surface area contributed by atoms with Crippen molar-refractivity contribution in [2.75, 3.05) is 26.2 Å². The van der Waals surface area contributed by atoms with Gasteiger partial charge >= 0.3 is 0 Å². The summed E-state index contributed by atoms with van der Waals surface area (Å²) in [6, 6.07) is 0.169. The van der Waals surface area contributed by atoms with Crippen LogP contribution in [0.3, 0.4) is 0 Å². The van der Waals surface area contributed by atoms with Crippen molar-refractivity contribution in [2.45, 2.75) is 64.0 Å². The highest BCUT2D eigenvalue weighted by molar-refractivity contribution is 5.91. The van der Waals surface area contributed by atoms with Gasteiger partial charge in [0.25, 0.3) is 5.91 Å². The van der Waals surface area contributed by atoms with Crippen LogP contribution in [0.5, 0.6) is 0 Å². The molecule has 0 bridgehead atoms. The molecule has 2 N–H and O–H groups in total. The SMILES string of the molecule is CCN(CC)C(=O)c1cn(C2CCN(C(=O)C3(N)CCCC3)CC2)nn1.Cl. The molecule has 0 radical (unpaired) electrons. The number of nitrogens with two attached hydrogens (primary N) is 1. The molecule has 1 aliphatic heterocycles. The molecule has 1 aromatic heterocycles. The van der Waals surface area contributed by atoms with Gasteiger partial charge in [-0.05, 0) is 39.5 Å². The number of piperidine rings is 1. The van der Waals surface area contributed by atoms with E-state index in [0.717, 1.165) is 38.5 Å². The minimum absolute atomic E-state index is 0. The van der Waals surface area contributed by atoms with Gasteiger partial charge in [0.2, 0.25) is 5.91 Å². The van der Waals surface area contributed by atoms with Crippen molar-refractivity contribution < 1.29 is 9.59 Å². The van der Waals surface area contributed by atoms with Gasteiger partial charge in [-0.25, -0.2) is 4.68 Å². The summed E-state index contributed by atoms with van der Waals surface area (Å²) in [5.41, 5.74) is 6.05. The summed E-state index contributed by atoms with van der Waals surface area (Å²) in [4.78, 5) is 28.7. The molecular formula is C18H31ClN6O2. The molecule has 2 amide bonds. The van der Waals surface area contributed by atoms with Crippen molar-refractivity contribution in [1.82, 2.24) is 24.8 Å². The summed E-state index contributed by atoms with van der Waals surface area (Å²) in [6.45, 7) is 6.58. The molecule has 9 heteroatoms. The van der Waals surface area contributed by atoms with Gasteiger partial charge in [0.1, 0.15) is 0 Å². The van der Waals surface area contributed by atoms with E-state index >= 15 is 0 Å². The monoisotopic (exact) mass is 398 g/mol. The second-order valence-electron chi connectivity index (χ2n) is 7.45. The predicted molar refractivity (Wildman–Crippen MR) is 105 cm³/mol. The Morgan fingerprint density at radius 2 is 1.81 bits per heavy atom. The van der Waals surface area contributed by atoms with E-state index in [1.165, 1.54) is 0 Å². The third-order valence-corrected chi connectivity index (χ3v) is 5.83. The Balaban J connectivity index is 0.00000261. The lowest BCUT2D eigenvalue weighted by Gasteiger charge is -2.36. The molecule has 3 rings (SSSR count). The minimum Gasteiger partial charge on any atom is -0.341 e. The maximum Gasteiger partial charge on any atom is 0.276 e. The Hall–Kier alpha value is -1.67. The van der Waals surface area contributed by atoms with Crippen molar-refractivity contribution in [1.29, 1.82) is 0 Å². The van der Waals surface area contributed by atoms with Gasteiger partial charge in [-0.1, -0.05) is 18.1 Å². The summed E-state index contributed by atoms with van der Waals surface area (Å²) in [7, 11) is 0. The van der Waals surface area contributed by atoms with Crippen LogP contribution in [-0.2, 0) is 4.79 Å². The van der Waals surface area contributed by atoms with E-state index in [-0.39, 0.29) is 30.3 Å². The molecule has 2 aliphatic rings. The first-order valence-electron chi connectivity index (χ1n) is 9.78. The summed E-state index contributed by atoms with van der Waals surface area (Å²) in [5.74, 6) is 0.0182. The van der Waals surface area contributed by atoms with Gasteiger partial charge in [-0.15, -0.1) is 17.5 Å². The third-order valence-electron chi connectivity index (χ3n) is 5.83. The van der Waals surface area contributed by atoms with E-state index in [9.17, 15) is 9.59 Å². The van der Waals surface area contributed by atoms with Gasteiger partial charge in [0.15, 0.2) is 5.69 Å². The molecule has 2 fully saturated rings. The number of nitrogens with zero attached hydrogens (tertiary/aromatic N) is 5. The Kier molecular flexibility index (Phi) is 7.22. The van der Waals surface area contributed by atoms with Crippen molar-refractivity contribution >= 4 is 24.2 Å². The molecule has 0 aromatic carbocycles. The molecule has 1 saturated carbocycles. The Labute approximate surface area is 166 Å². The van der Waals surface area contributed by atoms with E-state index < -0.39 is 5.54 Å². The van der Waals surface area contributed by atoms with Gasteiger partial charge < -0.3 is 15.5 Å². The second kappa shape index (κ2) is 9.01. The van der Waals surface area contributed by atoms with Crippen molar-refractivity contribution in [2.24, 2.45) is 5.73 Å². The van der Waals surface area contributed by atoms with Crippen LogP contribution in [0.2, 0.25) is 0 Å². The number of hydrogen-bond donors (Lipinski definition) is 1. The number of carbonyl (C=O) groups excluding carboxylic acids is 2. The lowest BCUT2D eigenvalue weighted by Crippen LogP contribution is -2.55.